The molecule has 29 heavy (non-hydrogen) atoms. The highest BCUT2D eigenvalue weighted by atomic mass is 32.2. The van der Waals surface area contributed by atoms with Gasteiger partial charge in [0.05, 0.1) is 11.9 Å². The molecule has 0 aromatic heterocycles. The number of amides is 2. The zero-order valence-electron chi connectivity index (χ0n) is 16.4. The number of rotatable bonds is 8. The predicted octanol–water partition coefficient (Wildman–Crippen LogP) is 2.27. The van der Waals surface area contributed by atoms with E-state index in [1.807, 2.05) is 0 Å². The van der Waals surface area contributed by atoms with Gasteiger partial charge in [0.25, 0.3) is 5.91 Å². The largest absolute Gasteiger partial charge is 0.350 e. The highest BCUT2D eigenvalue weighted by Crippen LogP contribution is 2.16. The molecule has 2 aromatic carbocycles. The van der Waals surface area contributed by atoms with Crippen molar-refractivity contribution in [1.82, 2.24) is 10.6 Å². The third-order valence-electron chi connectivity index (χ3n) is 4.11. The molecule has 0 aliphatic heterocycles. The van der Waals surface area contributed by atoms with Crippen LogP contribution >= 0.6 is 0 Å². The third kappa shape index (κ3) is 6.86. The van der Waals surface area contributed by atoms with E-state index in [-0.39, 0.29) is 18.0 Å². The van der Waals surface area contributed by atoms with Gasteiger partial charge in [0.2, 0.25) is 15.9 Å². The van der Waals surface area contributed by atoms with Crippen LogP contribution in [0.25, 0.3) is 0 Å². The summed E-state index contributed by atoms with van der Waals surface area (Å²) >= 11 is 0. The maximum Gasteiger partial charge on any atom is 0.251 e. The van der Waals surface area contributed by atoms with Crippen molar-refractivity contribution in [3.63, 3.8) is 0 Å². The van der Waals surface area contributed by atoms with E-state index in [0.717, 1.165) is 6.26 Å². The smallest absolute Gasteiger partial charge is 0.251 e. The molecule has 9 heteroatoms. The number of carbonyl (C=O) groups is 2. The van der Waals surface area contributed by atoms with Crippen LogP contribution < -0.4 is 15.4 Å². The van der Waals surface area contributed by atoms with Crippen molar-refractivity contribution >= 4 is 27.5 Å². The fourth-order valence-electron chi connectivity index (χ4n) is 2.63. The highest BCUT2D eigenvalue weighted by Gasteiger charge is 2.24. The number of anilines is 1. The van der Waals surface area contributed by atoms with E-state index in [1.165, 1.54) is 24.3 Å². The molecule has 0 aliphatic carbocycles. The van der Waals surface area contributed by atoms with Gasteiger partial charge in [0, 0.05) is 12.1 Å². The summed E-state index contributed by atoms with van der Waals surface area (Å²) in [5.41, 5.74) is 1.19. The Morgan fingerprint density at radius 2 is 1.66 bits per heavy atom. The van der Waals surface area contributed by atoms with Crippen LogP contribution in [0, 0.1) is 11.7 Å². The quantitative estimate of drug-likeness (QED) is 0.608. The van der Waals surface area contributed by atoms with E-state index < -0.39 is 33.7 Å². The standard InChI is InChI=1S/C20H24FN3O4S/c1-13(2)18(23-19(25)14-8-10-16(21)11-9-14)20(26)22-12-15-6-4-5-7-17(15)24-29(3,27)28/h4-11,13,18,24H,12H2,1-3H3,(H,22,26)(H,23,25). The molecule has 2 amide bonds. The zero-order chi connectivity index (χ0) is 21.6. The van der Waals surface area contributed by atoms with Crippen LogP contribution in [0.3, 0.4) is 0 Å². The molecule has 0 radical (unpaired) electrons. The molecule has 0 aliphatic rings. The summed E-state index contributed by atoms with van der Waals surface area (Å²) in [6, 6.07) is 10.9. The Morgan fingerprint density at radius 1 is 1.03 bits per heavy atom. The van der Waals surface area contributed by atoms with Crippen LogP contribution in [0.15, 0.2) is 48.5 Å². The lowest BCUT2D eigenvalue weighted by molar-refractivity contribution is -0.124. The van der Waals surface area contributed by atoms with Gasteiger partial charge in [-0.15, -0.1) is 0 Å². The Hall–Kier alpha value is -2.94. The van der Waals surface area contributed by atoms with Crippen LogP contribution in [0.2, 0.25) is 0 Å². The summed E-state index contributed by atoms with van der Waals surface area (Å²) in [4.78, 5) is 25.0. The molecule has 3 N–H and O–H groups in total. The molecule has 2 aromatic rings. The molecule has 0 fully saturated rings. The molecule has 0 bridgehead atoms. The summed E-state index contributed by atoms with van der Waals surface area (Å²) in [7, 11) is -3.46. The van der Waals surface area contributed by atoms with Crippen LogP contribution in [0.4, 0.5) is 10.1 Å². The van der Waals surface area contributed by atoms with Crippen molar-refractivity contribution in [2.45, 2.75) is 26.4 Å². The Balaban J connectivity index is 2.07. The normalized spacial score (nSPS) is 12.3. The van der Waals surface area contributed by atoms with E-state index in [9.17, 15) is 22.4 Å². The molecule has 2 rings (SSSR count). The lowest BCUT2D eigenvalue weighted by Gasteiger charge is -2.22. The zero-order valence-corrected chi connectivity index (χ0v) is 17.2. The molecule has 0 spiro atoms. The summed E-state index contributed by atoms with van der Waals surface area (Å²) < 4.78 is 38.4. The first-order valence-corrected chi connectivity index (χ1v) is 10.9. The molecule has 0 saturated carbocycles. The van der Waals surface area contributed by atoms with E-state index in [2.05, 4.69) is 15.4 Å². The molecule has 7 nitrogen and oxygen atoms in total. The van der Waals surface area contributed by atoms with Gasteiger partial charge in [-0.2, -0.15) is 0 Å². The molecule has 1 atom stereocenters. The minimum absolute atomic E-state index is 0.0766. The van der Waals surface area contributed by atoms with Crippen LogP contribution in [0.5, 0.6) is 0 Å². The van der Waals surface area contributed by atoms with E-state index >= 15 is 0 Å². The molecule has 156 valence electrons. The van der Waals surface area contributed by atoms with Gasteiger partial charge in [-0.25, -0.2) is 12.8 Å². The first-order valence-electron chi connectivity index (χ1n) is 8.96. The highest BCUT2D eigenvalue weighted by molar-refractivity contribution is 7.92. The van der Waals surface area contributed by atoms with Gasteiger partial charge >= 0.3 is 0 Å². The maximum absolute atomic E-state index is 13.0. The Labute approximate surface area is 169 Å². The monoisotopic (exact) mass is 421 g/mol. The van der Waals surface area contributed by atoms with Gasteiger partial charge in [0.15, 0.2) is 0 Å². The second kappa shape index (κ2) is 9.51. The lowest BCUT2D eigenvalue weighted by Crippen LogP contribution is -2.49. The second-order valence-corrected chi connectivity index (χ2v) is 8.70. The van der Waals surface area contributed by atoms with Crippen molar-refractivity contribution in [3.8, 4) is 0 Å². The molecular weight excluding hydrogens is 397 g/mol. The van der Waals surface area contributed by atoms with Gasteiger partial charge in [-0.05, 0) is 41.8 Å². The van der Waals surface area contributed by atoms with Crippen LogP contribution in [-0.2, 0) is 21.4 Å². The lowest BCUT2D eigenvalue weighted by atomic mass is 10.0. The van der Waals surface area contributed by atoms with Gasteiger partial charge < -0.3 is 10.6 Å². The molecular formula is C20H24FN3O4S. The first-order chi connectivity index (χ1) is 13.6. The van der Waals surface area contributed by atoms with Gasteiger partial charge in [-0.1, -0.05) is 32.0 Å². The molecule has 0 heterocycles. The summed E-state index contributed by atoms with van der Waals surface area (Å²) in [6.45, 7) is 3.65. The van der Waals surface area contributed by atoms with Gasteiger partial charge in [0.1, 0.15) is 11.9 Å². The van der Waals surface area contributed by atoms with E-state index in [4.69, 9.17) is 0 Å². The number of nitrogens with one attached hydrogen (secondary N) is 3. The number of hydrogen-bond donors (Lipinski definition) is 3. The minimum Gasteiger partial charge on any atom is -0.350 e. The predicted molar refractivity (Wildman–Crippen MR) is 109 cm³/mol. The van der Waals surface area contributed by atoms with Crippen molar-refractivity contribution in [1.29, 1.82) is 0 Å². The average molecular weight is 421 g/mol. The number of sulfonamides is 1. The number of benzene rings is 2. The van der Waals surface area contributed by atoms with Crippen molar-refractivity contribution < 1.29 is 22.4 Å². The number of halogens is 1. The average Bonchev–Trinajstić information content (AvgIpc) is 2.64. The second-order valence-electron chi connectivity index (χ2n) is 6.95. The number of para-hydroxylation sites is 1. The summed E-state index contributed by atoms with van der Waals surface area (Å²) in [6.07, 6.45) is 1.04. The Morgan fingerprint density at radius 3 is 2.24 bits per heavy atom. The minimum atomic E-state index is -3.46. The topological polar surface area (TPSA) is 104 Å². The molecule has 0 saturated heterocycles. The van der Waals surface area contributed by atoms with Crippen molar-refractivity contribution in [2.75, 3.05) is 11.0 Å². The fraction of sp³-hybridized carbons (Fsp3) is 0.300. The van der Waals surface area contributed by atoms with Crippen molar-refractivity contribution in [2.24, 2.45) is 5.92 Å². The molecule has 1 unspecified atom stereocenters. The Kier molecular flexibility index (Phi) is 7.33. The van der Waals surface area contributed by atoms with Crippen molar-refractivity contribution in [3.05, 3.63) is 65.5 Å². The third-order valence-corrected chi connectivity index (χ3v) is 4.70. The van der Waals surface area contributed by atoms with Crippen LogP contribution in [-0.4, -0.2) is 32.5 Å². The number of carbonyl (C=O) groups excluding carboxylic acids is 2. The number of hydrogen-bond acceptors (Lipinski definition) is 4. The first kappa shape index (κ1) is 22.4. The summed E-state index contributed by atoms with van der Waals surface area (Å²) in [5.74, 6) is -1.56. The Bertz CT molecular complexity index is 975. The van der Waals surface area contributed by atoms with Gasteiger partial charge in [-0.3, -0.25) is 14.3 Å². The fourth-order valence-corrected chi connectivity index (χ4v) is 3.23. The van der Waals surface area contributed by atoms with Crippen LogP contribution in [0.1, 0.15) is 29.8 Å². The maximum atomic E-state index is 13.0. The SMILES string of the molecule is CC(C)C(NC(=O)c1ccc(F)cc1)C(=O)NCc1ccccc1NS(C)(=O)=O. The van der Waals surface area contributed by atoms with E-state index in [0.29, 0.717) is 11.3 Å². The summed E-state index contributed by atoms with van der Waals surface area (Å²) in [5, 5.41) is 5.38. The van der Waals surface area contributed by atoms with E-state index in [1.54, 1.807) is 38.1 Å².